The number of fused-ring (bicyclic) bond motifs is 1. The van der Waals surface area contributed by atoms with Crippen molar-refractivity contribution in [3.63, 3.8) is 0 Å². The summed E-state index contributed by atoms with van der Waals surface area (Å²) < 4.78 is 13.8. The molecular formula is C18H21FN2. The largest absolute Gasteiger partial charge is 0.367 e. The minimum absolute atomic E-state index is 0.0530. The number of aryl methyl sites for hydroxylation is 1. The van der Waals surface area contributed by atoms with Crippen LogP contribution in [0.25, 0.3) is 0 Å². The van der Waals surface area contributed by atoms with Gasteiger partial charge in [0.1, 0.15) is 5.82 Å². The molecule has 0 saturated heterocycles. The summed E-state index contributed by atoms with van der Waals surface area (Å²) in [4.78, 5) is 2.27. The Bertz CT molecular complexity index is 637. The number of anilines is 1. The molecule has 0 aliphatic carbocycles. The number of benzene rings is 2. The van der Waals surface area contributed by atoms with Crippen molar-refractivity contribution in [1.82, 2.24) is 0 Å². The zero-order chi connectivity index (χ0) is 14.8. The summed E-state index contributed by atoms with van der Waals surface area (Å²) in [7, 11) is 0. The number of hydrogen-bond donors (Lipinski definition) is 1. The highest BCUT2D eigenvalue weighted by atomic mass is 19.1. The number of nitrogens with two attached hydrogens (primary N) is 1. The quantitative estimate of drug-likeness (QED) is 0.929. The van der Waals surface area contributed by atoms with Crippen LogP contribution in [0.3, 0.4) is 0 Å². The van der Waals surface area contributed by atoms with Gasteiger partial charge in [-0.05, 0) is 43.0 Å². The minimum atomic E-state index is -0.128. The van der Waals surface area contributed by atoms with E-state index in [1.807, 2.05) is 19.1 Å². The molecule has 110 valence electrons. The van der Waals surface area contributed by atoms with E-state index in [0.717, 1.165) is 24.9 Å². The normalized spacial score (nSPS) is 15.7. The molecule has 1 unspecified atom stereocenters. The second-order valence-corrected chi connectivity index (χ2v) is 5.79. The fraction of sp³-hybridized carbons (Fsp3) is 0.333. The van der Waals surface area contributed by atoms with E-state index < -0.39 is 0 Å². The lowest BCUT2D eigenvalue weighted by atomic mass is 9.96. The molecule has 1 aliphatic rings. The summed E-state index contributed by atoms with van der Waals surface area (Å²) in [5.74, 6) is -0.128. The fourth-order valence-corrected chi connectivity index (χ4v) is 2.97. The Morgan fingerprint density at radius 2 is 2.05 bits per heavy atom. The monoisotopic (exact) mass is 284 g/mol. The Hall–Kier alpha value is -1.87. The molecular weight excluding hydrogens is 263 g/mol. The molecule has 0 saturated carbocycles. The van der Waals surface area contributed by atoms with Gasteiger partial charge in [-0.1, -0.05) is 30.3 Å². The van der Waals surface area contributed by atoms with Crippen molar-refractivity contribution in [3.8, 4) is 0 Å². The van der Waals surface area contributed by atoms with E-state index in [1.165, 1.54) is 22.9 Å². The minimum Gasteiger partial charge on any atom is -0.367 e. The number of halogens is 1. The van der Waals surface area contributed by atoms with Gasteiger partial charge in [-0.3, -0.25) is 0 Å². The third-order valence-corrected chi connectivity index (χ3v) is 4.16. The van der Waals surface area contributed by atoms with Crippen molar-refractivity contribution in [3.05, 3.63) is 65.0 Å². The SMILES string of the molecule is CC(N)c1ccc2c(c1)CCCN2Cc1ccccc1F. The van der Waals surface area contributed by atoms with Gasteiger partial charge >= 0.3 is 0 Å². The van der Waals surface area contributed by atoms with E-state index in [2.05, 4.69) is 23.1 Å². The van der Waals surface area contributed by atoms with Crippen molar-refractivity contribution in [2.75, 3.05) is 11.4 Å². The molecule has 3 heteroatoms. The van der Waals surface area contributed by atoms with Gasteiger partial charge in [-0.25, -0.2) is 4.39 Å². The lowest BCUT2D eigenvalue weighted by Gasteiger charge is -2.32. The van der Waals surface area contributed by atoms with Crippen molar-refractivity contribution in [2.24, 2.45) is 5.73 Å². The van der Waals surface area contributed by atoms with Crippen molar-refractivity contribution >= 4 is 5.69 Å². The van der Waals surface area contributed by atoms with Gasteiger partial charge in [0, 0.05) is 30.4 Å². The van der Waals surface area contributed by atoms with Crippen molar-refractivity contribution < 1.29 is 4.39 Å². The van der Waals surface area contributed by atoms with Gasteiger partial charge in [0.15, 0.2) is 0 Å². The van der Waals surface area contributed by atoms with E-state index in [-0.39, 0.29) is 11.9 Å². The molecule has 0 fully saturated rings. The van der Waals surface area contributed by atoms with Crippen LogP contribution >= 0.6 is 0 Å². The highest BCUT2D eigenvalue weighted by molar-refractivity contribution is 5.57. The van der Waals surface area contributed by atoms with Crippen molar-refractivity contribution in [2.45, 2.75) is 32.4 Å². The number of rotatable bonds is 3. The zero-order valence-electron chi connectivity index (χ0n) is 12.3. The maximum absolute atomic E-state index is 13.8. The van der Waals surface area contributed by atoms with E-state index in [0.29, 0.717) is 6.54 Å². The van der Waals surface area contributed by atoms with Gasteiger partial charge in [0.25, 0.3) is 0 Å². The summed E-state index contributed by atoms with van der Waals surface area (Å²) in [5.41, 5.74) is 10.4. The highest BCUT2D eigenvalue weighted by Gasteiger charge is 2.18. The maximum atomic E-state index is 13.8. The zero-order valence-corrected chi connectivity index (χ0v) is 12.3. The molecule has 1 aliphatic heterocycles. The topological polar surface area (TPSA) is 29.3 Å². The van der Waals surface area contributed by atoms with Crippen LogP contribution in [0, 0.1) is 5.82 Å². The molecule has 0 amide bonds. The standard InChI is InChI=1S/C18H21FN2/c1-13(20)14-8-9-18-15(11-14)6-4-10-21(18)12-16-5-2-3-7-17(16)19/h2-3,5,7-9,11,13H,4,6,10,12,20H2,1H3. The molecule has 0 aromatic heterocycles. The first-order valence-corrected chi connectivity index (χ1v) is 7.52. The average molecular weight is 284 g/mol. The first-order chi connectivity index (χ1) is 10.1. The molecule has 0 bridgehead atoms. The van der Waals surface area contributed by atoms with Crippen LogP contribution in [0.4, 0.5) is 10.1 Å². The summed E-state index contributed by atoms with van der Waals surface area (Å²) in [5, 5.41) is 0. The third-order valence-electron chi connectivity index (χ3n) is 4.16. The summed E-state index contributed by atoms with van der Waals surface area (Å²) in [6.07, 6.45) is 2.17. The van der Waals surface area contributed by atoms with E-state index in [4.69, 9.17) is 5.73 Å². The van der Waals surface area contributed by atoms with Crippen LogP contribution in [-0.4, -0.2) is 6.54 Å². The van der Waals surface area contributed by atoms with Gasteiger partial charge < -0.3 is 10.6 Å². The molecule has 2 N–H and O–H groups in total. The average Bonchev–Trinajstić information content (AvgIpc) is 2.49. The molecule has 3 rings (SSSR count). The van der Waals surface area contributed by atoms with E-state index in [9.17, 15) is 4.39 Å². The summed E-state index contributed by atoms with van der Waals surface area (Å²) in [6.45, 7) is 3.59. The predicted octanol–water partition coefficient (Wildman–Crippen LogP) is 3.80. The van der Waals surface area contributed by atoms with Gasteiger partial charge in [-0.2, -0.15) is 0 Å². The smallest absolute Gasteiger partial charge is 0.128 e. The summed E-state index contributed by atoms with van der Waals surface area (Å²) >= 11 is 0. The van der Waals surface area contributed by atoms with Crippen LogP contribution < -0.4 is 10.6 Å². The lowest BCUT2D eigenvalue weighted by Crippen LogP contribution is -2.29. The summed E-state index contributed by atoms with van der Waals surface area (Å²) in [6, 6.07) is 13.5. The van der Waals surface area contributed by atoms with Gasteiger partial charge in [0.05, 0.1) is 0 Å². The molecule has 2 nitrogen and oxygen atoms in total. The maximum Gasteiger partial charge on any atom is 0.128 e. The van der Waals surface area contributed by atoms with E-state index in [1.54, 1.807) is 6.07 Å². The second-order valence-electron chi connectivity index (χ2n) is 5.79. The predicted molar refractivity (Wildman–Crippen MR) is 84.8 cm³/mol. The molecule has 1 heterocycles. The molecule has 2 aromatic carbocycles. The Morgan fingerprint density at radius 1 is 1.24 bits per heavy atom. The van der Waals surface area contributed by atoms with Crippen LogP contribution in [0.2, 0.25) is 0 Å². The van der Waals surface area contributed by atoms with Crippen LogP contribution in [0.1, 0.15) is 36.1 Å². The van der Waals surface area contributed by atoms with Crippen LogP contribution in [0.5, 0.6) is 0 Å². The molecule has 1 atom stereocenters. The molecule has 0 radical (unpaired) electrons. The Kier molecular flexibility index (Phi) is 3.93. The molecule has 21 heavy (non-hydrogen) atoms. The van der Waals surface area contributed by atoms with Crippen LogP contribution in [0.15, 0.2) is 42.5 Å². The van der Waals surface area contributed by atoms with Gasteiger partial charge in [0.2, 0.25) is 0 Å². The van der Waals surface area contributed by atoms with Crippen LogP contribution in [-0.2, 0) is 13.0 Å². The van der Waals surface area contributed by atoms with Gasteiger partial charge in [-0.15, -0.1) is 0 Å². The highest BCUT2D eigenvalue weighted by Crippen LogP contribution is 2.30. The van der Waals surface area contributed by atoms with E-state index >= 15 is 0 Å². The number of hydrogen-bond acceptors (Lipinski definition) is 2. The van der Waals surface area contributed by atoms with Crippen molar-refractivity contribution in [1.29, 1.82) is 0 Å². The number of nitrogens with zero attached hydrogens (tertiary/aromatic N) is 1. The molecule has 0 spiro atoms. The first-order valence-electron chi connectivity index (χ1n) is 7.52. The first kappa shape index (κ1) is 14.1. The Balaban J connectivity index is 1.89. The molecule has 2 aromatic rings. The lowest BCUT2D eigenvalue weighted by molar-refractivity contribution is 0.597. The fourth-order valence-electron chi connectivity index (χ4n) is 2.97. The Labute approximate surface area is 125 Å². The second kappa shape index (κ2) is 5.86. The Morgan fingerprint density at radius 3 is 2.81 bits per heavy atom. The third kappa shape index (κ3) is 2.93.